The van der Waals surface area contributed by atoms with Gasteiger partial charge in [0.15, 0.2) is 5.78 Å². The molecule has 5 nitrogen and oxygen atoms in total. The summed E-state index contributed by atoms with van der Waals surface area (Å²) in [4.78, 5) is 21.1. The van der Waals surface area contributed by atoms with Gasteiger partial charge in [-0.2, -0.15) is 9.50 Å². The molecule has 1 aliphatic carbocycles. The lowest BCUT2D eigenvalue weighted by Crippen LogP contribution is -2.22. The zero-order chi connectivity index (χ0) is 15.1. The first-order chi connectivity index (χ1) is 10.8. The Morgan fingerprint density at radius 3 is 2.82 bits per heavy atom. The van der Waals surface area contributed by atoms with Crippen molar-refractivity contribution >= 4 is 23.3 Å². The smallest absolute Gasteiger partial charge is 0.253 e. The van der Waals surface area contributed by atoms with Gasteiger partial charge < -0.3 is 0 Å². The van der Waals surface area contributed by atoms with Gasteiger partial charge in [0.1, 0.15) is 0 Å². The van der Waals surface area contributed by atoms with Crippen molar-refractivity contribution in [1.82, 2.24) is 19.6 Å². The minimum absolute atomic E-state index is 0.130. The first kappa shape index (κ1) is 13.5. The standard InChI is InChI=1S/C16H14N4OS/c1-22-16-18-15-17-9-12-13(20(15)19-16)7-11(8-14(12)21)10-5-3-2-4-6-10/h2-6,9,11H,7-8H2,1H3. The number of carbonyl (C=O) groups is 1. The van der Waals surface area contributed by atoms with Gasteiger partial charge in [-0.05, 0) is 24.2 Å². The molecular weight excluding hydrogens is 296 g/mol. The second-order valence-corrected chi connectivity index (χ2v) is 6.14. The van der Waals surface area contributed by atoms with Crippen LogP contribution >= 0.6 is 11.8 Å². The fourth-order valence-electron chi connectivity index (χ4n) is 2.98. The Hall–Kier alpha value is -2.21. The number of fused-ring (bicyclic) bond motifs is 3. The molecule has 2 aromatic heterocycles. The summed E-state index contributed by atoms with van der Waals surface area (Å²) in [6.45, 7) is 0. The average Bonchev–Trinajstić information content (AvgIpc) is 2.99. The summed E-state index contributed by atoms with van der Waals surface area (Å²) >= 11 is 1.48. The summed E-state index contributed by atoms with van der Waals surface area (Å²) in [5.74, 6) is 0.879. The third kappa shape index (κ3) is 2.11. The molecular formula is C16H14N4OS. The summed E-state index contributed by atoms with van der Waals surface area (Å²) in [7, 11) is 0. The van der Waals surface area contributed by atoms with Crippen molar-refractivity contribution in [2.75, 3.05) is 6.26 Å². The maximum atomic E-state index is 12.5. The molecule has 2 heterocycles. The highest BCUT2D eigenvalue weighted by atomic mass is 32.2. The Kier molecular flexibility index (Phi) is 3.18. The highest BCUT2D eigenvalue weighted by Gasteiger charge is 2.29. The molecule has 0 bridgehead atoms. The second kappa shape index (κ2) is 5.21. The number of aromatic nitrogens is 4. The number of nitrogens with zero attached hydrogens (tertiary/aromatic N) is 4. The lowest BCUT2D eigenvalue weighted by atomic mass is 9.82. The predicted octanol–water partition coefficient (Wildman–Crippen LogP) is 2.76. The molecule has 22 heavy (non-hydrogen) atoms. The van der Waals surface area contributed by atoms with E-state index in [4.69, 9.17) is 0 Å². The van der Waals surface area contributed by atoms with Gasteiger partial charge in [-0.25, -0.2) is 4.98 Å². The molecule has 4 rings (SSSR count). The number of benzene rings is 1. The van der Waals surface area contributed by atoms with Crippen molar-refractivity contribution in [3.63, 3.8) is 0 Å². The number of rotatable bonds is 2. The van der Waals surface area contributed by atoms with Crippen LogP contribution in [0.4, 0.5) is 0 Å². The number of hydrogen-bond donors (Lipinski definition) is 0. The third-order valence-electron chi connectivity index (χ3n) is 4.07. The number of carbonyl (C=O) groups excluding carboxylic acids is 1. The topological polar surface area (TPSA) is 60.1 Å². The Bertz CT molecular complexity index is 859. The van der Waals surface area contributed by atoms with E-state index < -0.39 is 0 Å². The molecule has 1 atom stereocenters. The van der Waals surface area contributed by atoms with Crippen LogP contribution < -0.4 is 0 Å². The Labute approximate surface area is 131 Å². The van der Waals surface area contributed by atoms with Gasteiger partial charge in [0.05, 0.1) is 11.3 Å². The summed E-state index contributed by atoms with van der Waals surface area (Å²) < 4.78 is 1.73. The quantitative estimate of drug-likeness (QED) is 0.681. The van der Waals surface area contributed by atoms with Gasteiger partial charge in [0.25, 0.3) is 5.78 Å². The molecule has 0 aliphatic heterocycles. The highest BCUT2D eigenvalue weighted by molar-refractivity contribution is 7.98. The molecule has 3 aromatic rings. The van der Waals surface area contributed by atoms with E-state index >= 15 is 0 Å². The molecule has 0 fully saturated rings. The van der Waals surface area contributed by atoms with Crippen molar-refractivity contribution in [3.05, 3.63) is 53.3 Å². The highest BCUT2D eigenvalue weighted by Crippen LogP contribution is 2.32. The number of hydrogen-bond acceptors (Lipinski definition) is 5. The predicted molar refractivity (Wildman–Crippen MR) is 84.4 cm³/mol. The van der Waals surface area contributed by atoms with Gasteiger partial charge in [-0.1, -0.05) is 42.1 Å². The molecule has 0 saturated heterocycles. The maximum absolute atomic E-state index is 12.5. The fraction of sp³-hybridized carbons (Fsp3) is 0.250. The van der Waals surface area contributed by atoms with Crippen LogP contribution in [0.3, 0.4) is 0 Å². The summed E-state index contributed by atoms with van der Waals surface area (Å²) in [6, 6.07) is 10.2. The summed E-state index contributed by atoms with van der Waals surface area (Å²) in [5.41, 5.74) is 2.79. The molecule has 0 radical (unpaired) electrons. The average molecular weight is 310 g/mol. The van der Waals surface area contributed by atoms with Crippen LogP contribution in [0, 0.1) is 0 Å². The van der Waals surface area contributed by atoms with Crippen LogP contribution in [-0.4, -0.2) is 31.6 Å². The lowest BCUT2D eigenvalue weighted by Gasteiger charge is -2.23. The number of ketones is 1. The maximum Gasteiger partial charge on any atom is 0.253 e. The van der Waals surface area contributed by atoms with Gasteiger partial charge in [-0.3, -0.25) is 4.79 Å². The van der Waals surface area contributed by atoms with Crippen LogP contribution in [0.25, 0.3) is 5.78 Å². The largest absolute Gasteiger partial charge is 0.294 e. The monoisotopic (exact) mass is 310 g/mol. The molecule has 0 saturated carbocycles. The van der Waals surface area contributed by atoms with E-state index in [1.807, 2.05) is 24.5 Å². The van der Waals surface area contributed by atoms with Crippen molar-refractivity contribution in [2.45, 2.75) is 23.9 Å². The molecule has 0 spiro atoms. The third-order valence-corrected chi connectivity index (χ3v) is 4.61. The van der Waals surface area contributed by atoms with E-state index in [-0.39, 0.29) is 11.7 Å². The van der Waals surface area contributed by atoms with Gasteiger partial charge in [0.2, 0.25) is 5.16 Å². The molecule has 6 heteroatoms. The van der Waals surface area contributed by atoms with E-state index in [0.717, 1.165) is 12.1 Å². The number of Topliss-reactive ketones (excluding diaryl/α,β-unsaturated/α-hetero) is 1. The molecule has 1 aliphatic rings. The SMILES string of the molecule is CSc1nc2ncc3c(n2n1)CC(c1ccccc1)CC3=O. The molecule has 0 amide bonds. The Morgan fingerprint density at radius 1 is 1.23 bits per heavy atom. The zero-order valence-corrected chi connectivity index (χ0v) is 12.9. The summed E-state index contributed by atoms with van der Waals surface area (Å²) in [5, 5.41) is 5.14. The fourth-order valence-corrected chi connectivity index (χ4v) is 3.31. The van der Waals surface area contributed by atoms with Crippen molar-refractivity contribution in [3.8, 4) is 0 Å². The van der Waals surface area contributed by atoms with Crippen LogP contribution in [0.15, 0.2) is 41.7 Å². The normalized spacial score (nSPS) is 17.7. The van der Waals surface area contributed by atoms with Crippen LogP contribution in [0.1, 0.15) is 34.0 Å². The van der Waals surface area contributed by atoms with Crippen LogP contribution in [0.5, 0.6) is 0 Å². The second-order valence-electron chi connectivity index (χ2n) is 5.37. The van der Waals surface area contributed by atoms with Gasteiger partial charge in [0, 0.05) is 12.6 Å². The number of thioether (sulfide) groups is 1. The van der Waals surface area contributed by atoms with E-state index in [1.54, 1.807) is 10.7 Å². The van der Waals surface area contributed by atoms with Crippen LogP contribution in [0.2, 0.25) is 0 Å². The van der Waals surface area contributed by atoms with E-state index in [2.05, 4.69) is 27.2 Å². The van der Waals surface area contributed by atoms with Crippen molar-refractivity contribution < 1.29 is 4.79 Å². The van der Waals surface area contributed by atoms with Crippen molar-refractivity contribution in [1.29, 1.82) is 0 Å². The van der Waals surface area contributed by atoms with E-state index in [1.165, 1.54) is 17.3 Å². The Balaban J connectivity index is 1.84. The minimum Gasteiger partial charge on any atom is -0.294 e. The first-order valence-corrected chi connectivity index (χ1v) is 8.35. The van der Waals surface area contributed by atoms with Gasteiger partial charge in [-0.15, -0.1) is 5.10 Å². The lowest BCUT2D eigenvalue weighted by molar-refractivity contribution is 0.0962. The summed E-state index contributed by atoms with van der Waals surface area (Å²) in [6.07, 6.45) is 4.88. The van der Waals surface area contributed by atoms with Gasteiger partial charge >= 0.3 is 0 Å². The molecule has 1 aromatic carbocycles. The molecule has 0 N–H and O–H groups in total. The van der Waals surface area contributed by atoms with Crippen LogP contribution in [-0.2, 0) is 6.42 Å². The zero-order valence-electron chi connectivity index (χ0n) is 12.1. The van der Waals surface area contributed by atoms with E-state index in [9.17, 15) is 4.79 Å². The first-order valence-electron chi connectivity index (χ1n) is 7.13. The molecule has 1 unspecified atom stereocenters. The van der Waals surface area contributed by atoms with E-state index in [0.29, 0.717) is 22.9 Å². The minimum atomic E-state index is 0.130. The Morgan fingerprint density at radius 2 is 2.05 bits per heavy atom. The molecule has 110 valence electrons. The van der Waals surface area contributed by atoms with Crippen molar-refractivity contribution in [2.24, 2.45) is 0 Å².